The van der Waals surface area contributed by atoms with Crippen molar-refractivity contribution in [3.05, 3.63) is 35.9 Å². The number of hydrogen-bond acceptors (Lipinski definition) is 2. The zero-order valence-electron chi connectivity index (χ0n) is 9.93. The van der Waals surface area contributed by atoms with Gasteiger partial charge in [-0.1, -0.05) is 30.3 Å². The number of carbonyl (C=O) groups is 1. The van der Waals surface area contributed by atoms with Gasteiger partial charge in [0.05, 0.1) is 6.04 Å². The van der Waals surface area contributed by atoms with Crippen molar-refractivity contribution in [2.24, 2.45) is 0 Å². The summed E-state index contributed by atoms with van der Waals surface area (Å²) in [5.41, 5.74) is 0.914. The van der Waals surface area contributed by atoms with Crippen molar-refractivity contribution in [2.45, 2.75) is 32.4 Å². The molecular formula is C13H17NO2. The number of benzene rings is 1. The van der Waals surface area contributed by atoms with Crippen LogP contribution in [0.3, 0.4) is 0 Å². The summed E-state index contributed by atoms with van der Waals surface area (Å²) >= 11 is 0. The molecule has 1 unspecified atom stereocenters. The lowest BCUT2D eigenvalue weighted by atomic mass is 10.00. The minimum absolute atomic E-state index is 0.0358. The number of hydrogen-bond donors (Lipinski definition) is 0. The second kappa shape index (κ2) is 3.81. The fraction of sp³-hybridized carbons (Fsp3) is 0.462. The minimum atomic E-state index is -0.221. The van der Waals surface area contributed by atoms with Crippen LogP contribution in [0.15, 0.2) is 30.3 Å². The van der Waals surface area contributed by atoms with Crippen molar-refractivity contribution < 1.29 is 9.53 Å². The van der Waals surface area contributed by atoms with E-state index in [1.165, 1.54) is 0 Å². The molecule has 86 valence electrons. The third kappa shape index (κ3) is 1.90. The van der Waals surface area contributed by atoms with Gasteiger partial charge in [0.1, 0.15) is 6.61 Å². The van der Waals surface area contributed by atoms with E-state index in [-0.39, 0.29) is 17.7 Å². The van der Waals surface area contributed by atoms with Gasteiger partial charge in [0.25, 0.3) is 0 Å². The molecule has 16 heavy (non-hydrogen) atoms. The lowest BCUT2D eigenvalue weighted by Crippen LogP contribution is -2.43. The Labute approximate surface area is 96.0 Å². The Bertz CT molecular complexity index is 381. The Balaban J connectivity index is 2.32. The van der Waals surface area contributed by atoms with Crippen molar-refractivity contribution in [1.29, 1.82) is 0 Å². The van der Waals surface area contributed by atoms with Gasteiger partial charge in [-0.2, -0.15) is 0 Å². The molecule has 0 aliphatic carbocycles. The third-order valence-electron chi connectivity index (χ3n) is 2.78. The molecule has 0 bridgehead atoms. The minimum Gasteiger partial charge on any atom is -0.447 e. The molecule has 1 aromatic rings. The molecule has 1 saturated heterocycles. The molecule has 0 N–H and O–H groups in total. The van der Waals surface area contributed by atoms with Gasteiger partial charge in [0, 0.05) is 5.54 Å². The smallest absolute Gasteiger partial charge is 0.410 e. The number of carbonyl (C=O) groups excluding carboxylic acids is 1. The molecule has 1 amide bonds. The van der Waals surface area contributed by atoms with Gasteiger partial charge < -0.3 is 4.74 Å². The van der Waals surface area contributed by atoms with Crippen LogP contribution in [0, 0.1) is 0 Å². The van der Waals surface area contributed by atoms with E-state index in [9.17, 15) is 4.79 Å². The van der Waals surface area contributed by atoms with Gasteiger partial charge in [-0.15, -0.1) is 0 Å². The average molecular weight is 219 g/mol. The Kier molecular flexibility index (Phi) is 2.62. The molecule has 0 radical (unpaired) electrons. The van der Waals surface area contributed by atoms with Crippen LogP contribution < -0.4 is 0 Å². The Morgan fingerprint density at radius 2 is 1.88 bits per heavy atom. The molecule has 1 aliphatic rings. The van der Waals surface area contributed by atoms with E-state index in [0.717, 1.165) is 5.56 Å². The molecular weight excluding hydrogens is 202 g/mol. The van der Waals surface area contributed by atoms with Crippen LogP contribution in [0.5, 0.6) is 0 Å². The second-order valence-electron chi connectivity index (χ2n) is 5.04. The zero-order chi connectivity index (χ0) is 11.8. The summed E-state index contributed by atoms with van der Waals surface area (Å²) in [6, 6.07) is 10.0. The first-order valence-corrected chi connectivity index (χ1v) is 5.51. The SMILES string of the molecule is CC(C)(C)N1C(=O)OCC1c1ccccc1. The molecule has 3 nitrogen and oxygen atoms in total. The molecule has 1 heterocycles. The number of cyclic esters (lactones) is 1. The standard InChI is InChI=1S/C13H17NO2/c1-13(2,3)14-11(9-16-12(14)15)10-7-5-4-6-8-10/h4-8,11H,9H2,1-3H3. The van der Waals surface area contributed by atoms with E-state index < -0.39 is 0 Å². The lowest BCUT2D eigenvalue weighted by molar-refractivity contribution is 0.122. The average Bonchev–Trinajstić information content (AvgIpc) is 2.61. The van der Waals surface area contributed by atoms with Crippen LogP contribution >= 0.6 is 0 Å². The van der Waals surface area contributed by atoms with Crippen molar-refractivity contribution in [3.63, 3.8) is 0 Å². The molecule has 1 fully saturated rings. The van der Waals surface area contributed by atoms with Gasteiger partial charge in [0.15, 0.2) is 0 Å². The van der Waals surface area contributed by atoms with E-state index in [2.05, 4.69) is 0 Å². The van der Waals surface area contributed by atoms with E-state index in [1.54, 1.807) is 0 Å². The van der Waals surface area contributed by atoms with Crippen LogP contribution in [-0.4, -0.2) is 23.1 Å². The van der Waals surface area contributed by atoms with Crippen LogP contribution in [0.1, 0.15) is 32.4 Å². The van der Waals surface area contributed by atoms with Gasteiger partial charge in [-0.3, -0.25) is 4.90 Å². The maximum atomic E-state index is 11.7. The Morgan fingerprint density at radius 3 is 2.44 bits per heavy atom. The monoisotopic (exact) mass is 219 g/mol. The summed E-state index contributed by atoms with van der Waals surface area (Å²) in [5.74, 6) is 0. The topological polar surface area (TPSA) is 29.5 Å². The summed E-state index contributed by atoms with van der Waals surface area (Å²) in [6.07, 6.45) is -0.221. The highest BCUT2D eigenvalue weighted by atomic mass is 16.6. The van der Waals surface area contributed by atoms with Crippen LogP contribution in [0.2, 0.25) is 0 Å². The zero-order valence-corrected chi connectivity index (χ0v) is 9.93. The molecule has 3 heteroatoms. The summed E-state index contributed by atoms with van der Waals surface area (Å²) in [4.78, 5) is 13.5. The first kappa shape index (κ1) is 11.0. The molecule has 1 aliphatic heterocycles. The summed E-state index contributed by atoms with van der Waals surface area (Å²) in [7, 11) is 0. The number of rotatable bonds is 1. The third-order valence-corrected chi connectivity index (χ3v) is 2.78. The van der Waals surface area contributed by atoms with Crippen LogP contribution in [0.25, 0.3) is 0 Å². The van der Waals surface area contributed by atoms with Gasteiger partial charge in [0.2, 0.25) is 0 Å². The predicted molar refractivity (Wildman–Crippen MR) is 62.1 cm³/mol. The van der Waals surface area contributed by atoms with Gasteiger partial charge in [-0.05, 0) is 26.3 Å². The molecule has 1 atom stereocenters. The maximum absolute atomic E-state index is 11.7. The van der Waals surface area contributed by atoms with Gasteiger partial charge >= 0.3 is 6.09 Å². The lowest BCUT2D eigenvalue weighted by Gasteiger charge is -2.34. The molecule has 1 aromatic carbocycles. The quantitative estimate of drug-likeness (QED) is 0.726. The molecule has 0 spiro atoms. The maximum Gasteiger partial charge on any atom is 0.410 e. The molecule has 2 rings (SSSR count). The van der Waals surface area contributed by atoms with Crippen molar-refractivity contribution in [2.75, 3.05) is 6.61 Å². The highest BCUT2D eigenvalue weighted by Crippen LogP contribution is 2.33. The fourth-order valence-electron chi connectivity index (χ4n) is 2.08. The summed E-state index contributed by atoms with van der Waals surface area (Å²) in [5, 5.41) is 0. The number of ether oxygens (including phenoxy) is 1. The van der Waals surface area contributed by atoms with Crippen molar-refractivity contribution in [3.8, 4) is 0 Å². The van der Waals surface area contributed by atoms with E-state index in [1.807, 2.05) is 56.0 Å². The fourth-order valence-corrected chi connectivity index (χ4v) is 2.08. The number of nitrogens with zero attached hydrogens (tertiary/aromatic N) is 1. The second-order valence-corrected chi connectivity index (χ2v) is 5.04. The predicted octanol–water partition coefficient (Wildman–Crippen LogP) is 2.98. The summed E-state index contributed by atoms with van der Waals surface area (Å²) < 4.78 is 5.15. The summed E-state index contributed by atoms with van der Waals surface area (Å²) in [6.45, 7) is 6.51. The van der Waals surface area contributed by atoms with Crippen LogP contribution in [0.4, 0.5) is 4.79 Å². The largest absolute Gasteiger partial charge is 0.447 e. The van der Waals surface area contributed by atoms with Crippen LogP contribution in [-0.2, 0) is 4.74 Å². The highest BCUT2D eigenvalue weighted by Gasteiger charge is 2.40. The molecule has 0 aromatic heterocycles. The first-order chi connectivity index (χ1) is 7.50. The van der Waals surface area contributed by atoms with Crippen molar-refractivity contribution >= 4 is 6.09 Å². The normalized spacial score (nSPS) is 21.1. The first-order valence-electron chi connectivity index (χ1n) is 5.51. The Morgan fingerprint density at radius 1 is 1.25 bits per heavy atom. The highest BCUT2D eigenvalue weighted by molar-refractivity contribution is 5.71. The van der Waals surface area contributed by atoms with Crippen molar-refractivity contribution in [1.82, 2.24) is 4.90 Å². The van der Waals surface area contributed by atoms with E-state index >= 15 is 0 Å². The van der Waals surface area contributed by atoms with E-state index in [0.29, 0.717) is 6.61 Å². The van der Waals surface area contributed by atoms with Gasteiger partial charge in [-0.25, -0.2) is 4.79 Å². The van der Waals surface area contributed by atoms with E-state index in [4.69, 9.17) is 4.74 Å². The Hall–Kier alpha value is -1.51. The number of amides is 1. The molecule has 0 saturated carbocycles.